The van der Waals surface area contributed by atoms with Crippen LogP contribution in [0.15, 0.2) is 12.4 Å². The van der Waals surface area contributed by atoms with Crippen molar-refractivity contribution in [1.82, 2.24) is 14.9 Å². The Bertz CT molecular complexity index is 349. The minimum atomic E-state index is 0.0160. The zero-order chi connectivity index (χ0) is 12.1. The van der Waals surface area contributed by atoms with Gasteiger partial charge in [0.25, 0.3) is 0 Å². The van der Waals surface area contributed by atoms with Gasteiger partial charge in [-0.25, -0.2) is 9.97 Å². The first-order valence-electron chi connectivity index (χ1n) is 5.07. The highest BCUT2D eigenvalue weighted by Gasteiger charge is 2.13. The normalized spacial score (nSPS) is 9.94. The molecule has 1 aromatic rings. The fourth-order valence-corrected chi connectivity index (χ4v) is 1.12. The van der Waals surface area contributed by atoms with Gasteiger partial charge >= 0.3 is 0 Å². The third-order valence-electron chi connectivity index (χ3n) is 2.15. The Hall–Kier alpha value is -1.85. The summed E-state index contributed by atoms with van der Waals surface area (Å²) in [6.07, 6.45) is 3.07. The van der Waals surface area contributed by atoms with Gasteiger partial charge in [0, 0.05) is 20.6 Å². The fourth-order valence-electron chi connectivity index (χ4n) is 1.12. The Morgan fingerprint density at radius 3 is 2.38 bits per heavy atom. The van der Waals surface area contributed by atoms with Crippen LogP contribution in [0.5, 0.6) is 0 Å². The van der Waals surface area contributed by atoms with Gasteiger partial charge in [-0.05, 0) is 6.92 Å². The SMILES string of the molecule is CCN(CC(=O)N(C)C)c1ncc(N)cn1. The molecule has 2 N–H and O–H groups in total. The molecule has 1 rings (SSSR count). The number of nitrogens with two attached hydrogens (primary N) is 1. The predicted molar refractivity (Wildman–Crippen MR) is 63.0 cm³/mol. The number of anilines is 2. The minimum Gasteiger partial charge on any atom is -0.396 e. The van der Waals surface area contributed by atoms with Gasteiger partial charge in [-0.1, -0.05) is 0 Å². The highest BCUT2D eigenvalue weighted by atomic mass is 16.2. The number of carbonyl (C=O) groups is 1. The molecule has 1 aromatic heterocycles. The van der Waals surface area contributed by atoms with E-state index in [1.54, 1.807) is 23.9 Å². The lowest BCUT2D eigenvalue weighted by Crippen LogP contribution is -2.37. The molecule has 0 unspecified atom stereocenters. The van der Waals surface area contributed by atoms with E-state index >= 15 is 0 Å². The summed E-state index contributed by atoms with van der Waals surface area (Å²) in [5.74, 6) is 0.536. The molecule has 0 saturated heterocycles. The Morgan fingerprint density at radius 1 is 1.38 bits per heavy atom. The lowest BCUT2D eigenvalue weighted by atomic mass is 10.4. The molecule has 0 aromatic carbocycles. The van der Waals surface area contributed by atoms with E-state index < -0.39 is 0 Å². The van der Waals surface area contributed by atoms with Crippen molar-refractivity contribution in [1.29, 1.82) is 0 Å². The Balaban J connectivity index is 2.74. The second-order valence-corrected chi connectivity index (χ2v) is 3.62. The van der Waals surface area contributed by atoms with Crippen LogP contribution in [0.4, 0.5) is 11.6 Å². The summed E-state index contributed by atoms with van der Waals surface area (Å²) in [6.45, 7) is 2.89. The largest absolute Gasteiger partial charge is 0.396 e. The quantitative estimate of drug-likeness (QED) is 0.776. The molecular formula is C10H17N5O. The maximum Gasteiger partial charge on any atom is 0.241 e. The molecule has 0 bridgehead atoms. The third-order valence-corrected chi connectivity index (χ3v) is 2.15. The van der Waals surface area contributed by atoms with Crippen molar-refractivity contribution in [3.05, 3.63) is 12.4 Å². The van der Waals surface area contributed by atoms with Crippen LogP contribution in [0.2, 0.25) is 0 Å². The van der Waals surface area contributed by atoms with Crippen LogP contribution >= 0.6 is 0 Å². The number of hydrogen-bond donors (Lipinski definition) is 1. The molecule has 88 valence electrons. The average molecular weight is 223 g/mol. The van der Waals surface area contributed by atoms with Crippen molar-refractivity contribution in [3.63, 3.8) is 0 Å². The second kappa shape index (κ2) is 5.29. The maximum absolute atomic E-state index is 11.6. The topological polar surface area (TPSA) is 75.4 Å². The molecule has 0 saturated carbocycles. The number of amides is 1. The Morgan fingerprint density at radius 2 is 1.94 bits per heavy atom. The molecule has 6 heteroatoms. The lowest BCUT2D eigenvalue weighted by Gasteiger charge is -2.21. The second-order valence-electron chi connectivity index (χ2n) is 3.62. The molecule has 0 aliphatic heterocycles. The third kappa shape index (κ3) is 3.08. The van der Waals surface area contributed by atoms with Crippen LogP contribution in [-0.4, -0.2) is 48.0 Å². The highest BCUT2D eigenvalue weighted by molar-refractivity contribution is 5.80. The van der Waals surface area contributed by atoms with Gasteiger partial charge in [0.15, 0.2) is 0 Å². The monoisotopic (exact) mass is 223 g/mol. The average Bonchev–Trinajstić information content (AvgIpc) is 2.26. The highest BCUT2D eigenvalue weighted by Crippen LogP contribution is 2.07. The van der Waals surface area contributed by atoms with E-state index in [9.17, 15) is 4.79 Å². The standard InChI is InChI=1S/C10H17N5O/c1-4-15(7-9(16)14(2)3)10-12-5-8(11)6-13-10/h5-6H,4,7,11H2,1-3H3. The summed E-state index contributed by atoms with van der Waals surface area (Å²) < 4.78 is 0. The summed E-state index contributed by atoms with van der Waals surface area (Å²) in [5.41, 5.74) is 6.01. The van der Waals surface area contributed by atoms with E-state index in [0.717, 1.165) is 0 Å². The van der Waals surface area contributed by atoms with Gasteiger partial charge in [0.2, 0.25) is 11.9 Å². The molecule has 0 aliphatic rings. The summed E-state index contributed by atoms with van der Waals surface area (Å²) in [5, 5.41) is 0. The van der Waals surface area contributed by atoms with E-state index in [1.807, 2.05) is 6.92 Å². The van der Waals surface area contributed by atoms with Crippen molar-refractivity contribution in [2.75, 3.05) is 37.8 Å². The first kappa shape index (κ1) is 12.2. The van der Waals surface area contributed by atoms with Crippen molar-refractivity contribution in [2.24, 2.45) is 0 Å². The van der Waals surface area contributed by atoms with Gasteiger partial charge in [-0.2, -0.15) is 0 Å². The number of nitrogen functional groups attached to an aromatic ring is 1. The summed E-state index contributed by atoms with van der Waals surface area (Å²) in [7, 11) is 3.44. The van der Waals surface area contributed by atoms with Crippen LogP contribution in [0.1, 0.15) is 6.92 Å². The molecule has 0 fully saturated rings. The molecular weight excluding hydrogens is 206 g/mol. The van der Waals surface area contributed by atoms with Crippen molar-refractivity contribution in [2.45, 2.75) is 6.92 Å². The zero-order valence-corrected chi connectivity index (χ0v) is 9.84. The molecule has 0 aliphatic carbocycles. The van der Waals surface area contributed by atoms with E-state index in [4.69, 9.17) is 5.73 Å². The summed E-state index contributed by atoms with van der Waals surface area (Å²) in [6, 6.07) is 0. The summed E-state index contributed by atoms with van der Waals surface area (Å²) in [4.78, 5) is 23.1. The van der Waals surface area contributed by atoms with E-state index in [1.165, 1.54) is 12.4 Å². The lowest BCUT2D eigenvalue weighted by molar-refractivity contribution is -0.127. The van der Waals surface area contributed by atoms with Crippen molar-refractivity contribution < 1.29 is 4.79 Å². The molecule has 1 amide bonds. The van der Waals surface area contributed by atoms with E-state index in [0.29, 0.717) is 18.2 Å². The van der Waals surface area contributed by atoms with Gasteiger partial charge < -0.3 is 15.5 Å². The van der Waals surface area contributed by atoms with Crippen molar-refractivity contribution in [3.8, 4) is 0 Å². The molecule has 0 spiro atoms. The molecule has 0 atom stereocenters. The summed E-state index contributed by atoms with van der Waals surface area (Å²) >= 11 is 0. The van der Waals surface area contributed by atoms with Crippen molar-refractivity contribution >= 4 is 17.5 Å². The van der Waals surface area contributed by atoms with E-state index in [-0.39, 0.29) is 12.5 Å². The van der Waals surface area contributed by atoms with Gasteiger partial charge in [-0.3, -0.25) is 4.79 Å². The maximum atomic E-state index is 11.6. The molecule has 16 heavy (non-hydrogen) atoms. The van der Waals surface area contributed by atoms with Gasteiger partial charge in [0.05, 0.1) is 24.6 Å². The van der Waals surface area contributed by atoms with Gasteiger partial charge in [-0.15, -0.1) is 0 Å². The first-order valence-corrected chi connectivity index (χ1v) is 5.07. The Kier molecular flexibility index (Phi) is 4.04. The fraction of sp³-hybridized carbons (Fsp3) is 0.500. The van der Waals surface area contributed by atoms with E-state index in [2.05, 4.69) is 9.97 Å². The van der Waals surface area contributed by atoms with Crippen LogP contribution in [0.3, 0.4) is 0 Å². The predicted octanol–water partition coefficient (Wildman–Crippen LogP) is -0.0267. The number of carbonyl (C=O) groups excluding carboxylic acids is 1. The zero-order valence-electron chi connectivity index (χ0n) is 9.84. The number of rotatable bonds is 4. The van der Waals surface area contributed by atoms with Crippen LogP contribution in [0.25, 0.3) is 0 Å². The smallest absolute Gasteiger partial charge is 0.241 e. The Labute approximate surface area is 95.1 Å². The minimum absolute atomic E-state index is 0.0160. The molecule has 6 nitrogen and oxygen atoms in total. The number of aromatic nitrogens is 2. The number of nitrogens with zero attached hydrogens (tertiary/aromatic N) is 4. The molecule has 0 radical (unpaired) electrons. The van der Waals surface area contributed by atoms with Crippen LogP contribution < -0.4 is 10.6 Å². The first-order chi connectivity index (χ1) is 7.54. The van der Waals surface area contributed by atoms with Crippen LogP contribution in [-0.2, 0) is 4.79 Å². The molecule has 1 heterocycles. The number of hydrogen-bond acceptors (Lipinski definition) is 5. The number of likely N-dealkylation sites (N-methyl/N-ethyl adjacent to an activating group) is 2. The van der Waals surface area contributed by atoms with Crippen LogP contribution in [0, 0.1) is 0 Å². The van der Waals surface area contributed by atoms with Gasteiger partial charge in [0.1, 0.15) is 0 Å².